The molecule has 0 aromatic rings. The van der Waals surface area contributed by atoms with Crippen molar-refractivity contribution in [3.63, 3.8) is 0 Å². The molecule has 0 amide bonds. The Kier molecular flexibility index (Phi) is 14.4. The van der Waals surface area contributed by atoms with Gasteiger partial charge in [0, 0.05) is 6.42 Å². The van der Waals surface area contributed by atoms with Gasteiger partial charge >= 0.3 is 35.5 Å². The van der Waals surface area contributed by atoms with Crippen molar-refractivity contribution in [2.75, 3.05) is 19.8 Å². The van der Waals surface area contributed by atoms with Gasteiger partial charge in [-0.05, 0) is 19.4 Å². The average molecular weight is 318 g/mol. The summed E-state index contributed by atoms with van der Waals surface area (Å²) in [6.45, 7) is 3.30. The van der Waals surface area contributed by atoms with Crippen LogP contribution in [0.3, 0.4) is 0 Å². The van der Waals surface area contributed by atoms with E-state index in [1.54, 1.807) is 0 Å². The van der Waals surface area contributed by atoms with E-state index < -0.39 is 19.6 Å². The first-order chi connectivity index (χ1) is 8.93. The van der Waals surface area contributed by atoms with Crippen LogP contribution in [0.2, 0.25) is 0 Å². The minimum Gasteiger partial charge on any atom is -0.756 e. The third-order valence-corrected chi connectivity index (χ3v) is 3.00. The summed E-state index contributed by atoms with van der Waals surface area (Å²) >= 11 is 0. The first-order valence-electron chi connectivity index (χ1n) is 6.05. The Bertz CT molecular complexity index is 346. The summed E-state index contributed by atoms with van der Waals surface area (Å²) < 4.78 is 24.9. The number of hydrogen-bond acceptors (Lipinski definition) is 7. The van der Waals surface area contributed by atoms with Crippen LogP contribution in [-0.4, -0.2) is 30.9 Å². The maximum Gasteiger partial charge on any atom is 1.00 e. The number of aliphatic hydroxyl groups is 1. The van der Waals surface area contributed by atoms with Crippen molar-refractivity contribution in [1.82, 2.24) is 0 Å². The van der Waals surface area contributed by atoms with Gasteiger partial charge in [0.2, 0.25) is 0 Å². The van der Waals surface area contributed by atoms with Crippen LogP contribution in [0.5, 0.6) is 0 Å². The van der Waals surface area contributed by atoms with Gasteiger partial charge in [-0.15, -0.1) is 0 Å². The molecule has 0 saturated heterocycles. The van der Waals surface area contributed by atoms with E-state index in [0.717, 1.165) is 6.42 Å². The van der Waals surface area contributed by atoms with Crippen molar-refractivity contribution in [3.8, 4) is 0 Å². The Labute approximate surface area is 141 Å². The minimum absolute atomic E-state index is 0. The van der Waals surface area contributed by atoms with Crippen molar-refractivity contribution in [1.29, 1.82) is 0 Å². The molecule has 7 nitrogen and oxygen atoms in total. The quantitative estimate of drug-likeness (QED) is 0.133. The second kappa shape index (κ2) is 12.8. The average Bonchev–Trinajstić information content (AvgIpc) is 2.37. The van der Waals surface area contributed by atoms with Crippen LogP contribution in [0.1, 0.15) is 33.1 Å². The van der Waals surface area contributed by atoms with Gasteiger partial charge in [0.1, 0.15) is 0 Å². The molecular weight excluding hydrogens is 298 g/mol. The molecular formula is C11H20NaO7P. The Balaban J connectivity index is 0. The molecule has 0 aliphatic heterocycles. The molecule has 1 unspecified atom stereocenters. The third-order valence-electron chi connectivity index (χ3n) is 2.00. The number of unbranched alkanes of at least 4 members (excludes halogenated alkanes) is 1. The Morgan fingerprint density at radius 1 is 1.25 bits per heavy atom. The first kappa shape index (κ1) is 22.4. The summed E-state index contributed by atoms with van der Waals surface area (Å²) in [6.07, 6.45) is 2.85. The zero-order chi connectivity index (χ0) is 14.7. The fourth-order valence-electron chi connectivity index (χ4n) is 0.950. The molecule has 0 fully saturated rings. The Hall–Kier alpha value is 0.120. The number of rotatable bonds is 10. The molecule has 0 aliphatic rings. The number of esters is 1. The molecule has 0 spiro atoms. The van der Waals surface area contributed by atoms with Crippen molar-refractivity contribution >= 4 is 13.8 Å². The van der Waals surface area contributed by atoms with Gasteiger partial charge in [0.15, 0.2) is 5.76 Å². The smallest absolute Gasteiger partial charge is 0.756 e. The van der Waals surface area contributed by atoms with Crippen LogP contribution in [-0.2, 0) is 23.1 Å². The summed E-state index contributed by atoms with van der Waals surface area (Å²) in [4.78, 5) is 22.2. The second-order valence-corrected chi connectivity index (χ2v) is 5.04. The molecule has 1 atom stereocenters. The summed E-state index contributed by atoms with van der Waals surface area (Å²) in [6, 6.07) is 0. The van der Waals surface area contributed by atoms with E-state index in [-0.39, 0.29) is 55.8 Å². The van der Waals surface area contributed by atoms with Gasteiger partial charge in [0.05, 0.1) is 19.8 Å². The largest absolute Gasteiger partial charge is 1.00 e. The van der Waals surface area contributed by atoms with Gasteiger partial charge in [0.25, 0.3) is 7.82 Å². The number of hydrogen-bond donors (Lipinski definition) is 1. The van der Waals surface area contributed by atoms with Gasteiger partial charge in [-0.3, -0.25) is 4.57 Å². The fraction of sp³-hybridized carbons (Fsp3) is 0.727. The van der Waals surface area contributed by atoms with E-state index in [0.29, 0.717) is 6.42 Å². The molecule has 20 heavy (non-hydrogen) atoms. The molecule has 0 bridgehead atoms. The minimum atomic E-state index is -4.26. The van der Waals surface area contributed by atoms with Gasteiger partial charge in [-0.2, -0.15) is 0 Å². The van der Waals surface area contributed by atoms with Crippen molar-refractivity contribution in [2.24, 2.45) is 0 Å². The number of carbonyl (C=O) groups excluding carboxylic acids is 1. The molecule has 112 valence electrons. The van der Waals surface area contributed by atoms with E-state index in [4.69, 9.17) is 5.11 Å². The van der Waals surface area contributed by atoms with E-state index in [1.807, 2.05) is 6.92 Å². The zero-order valence-electron chi connectivity index (χ0n) is 12.2. The standard InChI is InChI=1S/C11H21O7P.Na/c1-3-5-8-17-19(14,15)18-9-6-7-16-11(13)10(12)4-2;/h4,12H,3,5-9H2,1-2H3,(H,14,15);/q;+1/p-1. The van der Waals surface area contributed by atoms with E-state index in [9.17, 15) is 14.3 Å². The van der Waals surface area contributed by atoms with E-state index >= 15 is 0 Å². The van der Waals surface area contributed by atoms with Gasteiger partial charge in [-0.25, -0.2) is 4.79 Å². The normalized spacial score (nSPS) is 14.2. The number of carbonyl (C=O) groups is 1. The van der Waals surface area contributed by atoms with Crippen LogP contribution in [0.4, 0.5) is 0 Å². The molecule has 0 saturated carbocycles. The number of phosphoric ester groups is 1. The van der Waals surface area contributed by atoms with Crippen molar-refractivity contribution in [3.05, 3.63) is 11.8 Å². The molecule has 0 aliphatic carbocycles. The summed E-state index contributed by atoms with van der Waals surface area (Å²) in [5, 5.41) is 8.97. The third kappa shape index (κ3) is 11.9. The summed E-state index contributed by atoms with van der Waals surface area (Å²) in [5.74, 6) is -1.34. The maximum absolute atomic E-state index is 11.2. The van der Waals surface area contributed by atoms with E-state index in [1.165, 1.54) is 13.0 Å². The molecule has 9 heteroatoms. The predicted octanol–water partition coefficient (Wildman–Crippen LogP) is -1.31. The zero-order valence-corrected chi connectivity index (χ0v) is 15.1. The Morgan fingerprint density at radius 2 is 1.80 bits per heavy atom. The summed E-state index contributed by atoms with van der Waals surface area (Å²) in [7, 11) is -4.26. The van der Waals surface area contributed by atoms with Gasteiger partial charge < -0.3 is 23.8 Å². The fourth-order valence-corrected chi connectivity index (χ4v) is 1.73. The topological polar surface area (TPSA) is 105 Å². The van der Waals surface area contributed by atoms with Crippen LogP contribution < -0.4 is 34.5 Å². The molecule has 0 radical (unpaired) electrons. The second-order valence-electron chi connectivity index (χ2n) is 3.63. The predicted molar refractivity (Wildman–Crippen MR) is 66.4 cm³/mol. The van der Waals surface area contributed by atoms with Crippen LogP contribution in [0, 0.1) is 0 Å². The van der Waals surface area contributed by atoms with Gasteiger partial charge in [-0.1, -0.05) is 13.3 Å². The van der Waals surface area contributed by atoms with Crippen LogP contribution in [0.25, 0.3) is 0 Å². The number of phosphoric acid groups is 1. The first-order valence-corrected chi connectivity index (χ1v) is 7.51. The van der Waals surface area contributed by atoms with Crippen molar-refractivity contribution in [2.45, 2.75) is 33.1 Å². The number of allylic oxidation sites excluding steroid dienone is 1. The summed E-state index contributed by atoms with van der Waals surface area (Å²) in [5.41, 5.74) is 0. The number of aliphatic hydroxyl groups excluding tert-OH is 1. The molecule has 0 aromatic heterocycles. The maximum atomic E-state index is 11.2. The van der Waals surface area contributed by atoms with E-state index in [2.05, 4.69) is 13.8 Å². The molecule has 0 heterocycles. The molecule has 1 N–H and O–H groups in total. The van der Waals surface area contributed by atoms with Crippen LogP contribution >= 0.6 is 7.82 Å². The van der Waals surface area contributed by atoms with Crippen molar-refractivity contribution < 1.29 is 62.7 Å². The van der Waals surface area contributed by atoms with Crippen LogP contribution in [0.15, 0.2) is 11.8 Å². The SMILES string of the molecule is CC=C(O)C(=O)OCCCOP(=O)([O-])OCCCC.[Na+]. The molecule has 0 rings (SSSR count). The molecule has 0 aromatic carbocycles. The number of ether oxygens (including phenoxy) is 1. The Morgan fingerprint density at radius 3 is 2.30 bits per heavy atom. The monoisotopic (exact) mass is 318 g/mol.